The summed E-state index contributed by atoms with van der Waals surface area (Å²) in [5.41, 5.74) is 3.14. The van der Waals surface area contributed by atoms with E-state index < -0.39 is 5.97 Å². The average molecular weight is 430 g/mol. The highest BCUT2D eigenvalue weighted by Gasteiger charge is 2.22. The number of carbonyl (C=O) groups excluding carboxylic acids is 2. The Kier molecular flexibility index (Phi) is 6.90. The molecule has 0 bridgehead atoms. The van der Waals surface area contributed by atoms with Gasteiger partial charge in [0.05, 0.1) is 7.11 Å². The van der Waals surface area contributed by atoms with Crippen molar-refractivity contribution < 1.29 is 19.1 Å². The molecule has 0 fully saturated rings. The first kappa shape index (κ1) is 20.9. The van der Waals surface area contributed by atoms with Crippen molar-refractivity contribution in [2.24, 2.45) is 0 Å². The lowest BCUT2D eigenvalue weighted by Gasteiger charge is -2.09. The minimum Gasteiger partial charge on any atom is -0.484 e. The molecule has 1 heterocycles. The average Bonchev–Trinajstić information content (AvgIpc) is 3.15. The van der Waals surface area contributed by atoms with Gasteiger partial charge in [-0.1, -0.05) is 48.9 Å². The van der Waals surface area contributed by atoms with Crippen molar-refractivity contribution in [2.45, 2.75) is 13.3 Å². The van der Waals surface area contributed by atoms with Gasteiger partial charge in [-0.05, 0) is 35.7 Å². The summed E-state index contributed by atoms with van der Waals surface area (Å²) < 4.78 is 10.4. The van der Waals surface area contributed by atoms with Crippen molar-refractivity contribution in [2.75, 3.05) is 19.0 Å². The minimum atomic E-state index is -0.508. The quantitative estimate of drug-likeness (QED) is 0.508. The predicted octanol–water partition coefficient (Wildman–Crippen LogP) is 5.44. The van der Waals surface area contributed by atoms with Crippen molar-refractivity contribution in [3.05, 3.63) is 70.1 Å². The maximum absolute atomic E-state index is 12.4. The number of hydrogen-bond donors (Lipinski definition) is 1. The zero-order valence-corrected chi connectivity index (χ0v) is 17.6. The molecular formula is C22H20ClNO4S. The molecule has 3 rings (SSSR count). The normalized spacial score (nSPS) is 10.4. The van der Waals surface area contributed by atoms with Crippen molar-refractivity contribution in [3.8, 4) is 16.9 Å². The Labute approximate surface area is 178 Å². The van der Waals surface area contributed by atoms with E-state index in [-0.39, 0.29) is 12.5 Å². The van der Waals surface area contributed by atoms with Crippen LogP contribution in [0, 0.1) is 0 Å². The molecule has 3 aromatic rings. The highest BCUT2D eigenvalue weighted by Crippen LogP contribution is 2.36. The third-order valence-corrected chi connectivity index (χ3v) is 5.40. The summed E-state index contributed by atoms with van der Waals surface area (Å²) >= 11 is 7.18. The van der Waals surface area contributed by atoms with E-state index in [1.54, 1.807) is 24.3 Å². The third kappa shape index (κ3) is 5.16. The van der Waals surface area contributed by atoms with Crippen LogP contribution in [0.4, 0.5) is 5.00 Å². The lowest BCUT2D eigenvalue weighted by atomic mass is 10.0. The molecule has 0 atom stereocenters. The maximum Gasteiger partial charge on any atom is 0.341 e. The van der Waals surface area contributed by atoms with Crippen LogP contribution in [0.15, 0.2) is 53.9 Å². The van der Waals surface area contributed by atoms with Crippen molar-refractivity contribution in [1.82, 2.24) is 0 Å². The number of amides is 1. The molecule has 0 radical (unpaired) electrons. The molecule has 0 aliphatic heterocycles. The lowest BCUT2D eigenvalue weighted by Crippen LogP contribution is -2.21. The fourth-order valence-corrected chi connectivity index (χ4v) is 3.91. The summed E-state index contributed by atoms with van der Waals surface area (Å²) in [6.07, 6.45) is 0.932. The maximum atomic E-state index is 12.4. The van der Waals surface area contributed by atoms with E-state index in [1.807, 2.05) is 29.6 Å². The van der Waals surface area contributed by atoms with E-state index in [0.717, 1.165) is 17.5 Å². The Morgan fingerprint density at radius 1 is 1.14 bits per heavy atom. The van der Waals surface area contributed by atoms with Crippen LogP contribution in [0.2, 0.25) is 5.02 Å². The Hall–Kier alpha value is -2.83. The van der Waals surface area contributed by atoms with Gasteiger partial charge < -0.3 is 14.8 Å². The third-order valence-electron chi connectivity index (χ3n) is 4.27. The Balaban J connectivity index is 1.78. The molecule has 2 aromatic carbocycles. The Bertz CT molecular complexity index is 1010. The van der Waals surface area contributed by atoms with E-state index >= 15 is 0 Å². The van der Waals surface area contributed by atoms with Gasteiger partial charge in [-0.3, -0.25) is 4.79 Å². The molecule has 0 saturated heterocycles. The second-order valence-corrected chi connectivity index (χ2v) is 7.51. The summed E-state index contributed by atoms with van der Waals surface area (Å²) in [5, 5.41) is 5.52. The molecule has 0 saturated carbocycles. The molecule has 5 nitrogen and oxygen atoms in total. The SMILES string of the molecule is CCc1ccc(-c2csc(NC(=O)COc3cccc(Cl)c3)c2C(=O)OC)cc1. The number of anilines is 1. The number of aryl methyl sites for hydroxylation is 1. The molecule has 150 valence electrons. The van der Waals surface area contributed by atoms with Crippen molar-refractivity contribution in [1.29, 1.82) is 0 Å². The van der Waals surface area contributed by atoms with Crippen LogP contribution < -0.4 is 10.1 Å². The molecular weight excluding hydrogens is 410 g/mol. The van der Waals surface area contributed by atoms with Gasteiger partial charge in [-0.25, -0.2) is 4.79 Å². The highest BCUT2D eigenvalue weighted by atomic mass is 35.5. The predicted molar refractivity (Wildman–Crippen MR) is 116 cm³/mol. The van der Waals surface area contributed by atoms with Crippen LogP contribution in [0.5, 0.6) is 5.75 Å². The zero-order valence-electron chi connectivity index (χ0n) is 16.0. The number of halogens is 1. The highest BCUT2D eigenvalue weighted by molar-refractivity contribution is 7.15. The number of hydrogen-bond acceptors (Lipinski definition) is 5. The van der Waals surface area contributed by atoms with Gasteiger partial charge >= 0.3 is 5.97 Å². The zero-order chi connectivity index (χ0) is 20.8. The van der Waals surface area contributed by atoms with Gasteiger partial charge in [-0.15, -0.1) is 11.3 Å². The molecule has 1 amide bonds. The van der Waals surface area contributed by atoms with Gasteiger partial charge in [-0.2, -0.15) is 0 Å². The topological polar surface area (TPSA) is 64.6 Å². The second kappa shape index (κ2) is 9.58. The molecule has 1 N–H and O–H groups in total. The number of nitrogens with one attached hydrogen (secondary N) is 1. The van der Waals surface area contributed by atoms with Crippen LogP contribution in [-0.4, -0.2) is 25.6 Å². The minimum absolute atomic E-state index is 0.209. The summed E-state index contributed by atoms with van der Waals surface area (Å²) in [5.74, 6) is -0.402. The smallest absolute Gasteiger partial charge is 0.341 e. The summed E-state index contributed by atoms with van der Waals surface area (Å²) in [7, 11) is 1.32. The molecule has 0 aliphatic carbocycles. The number of esters is 1. The summed E-state index contributed by atoms with van der Waals surface area (Å²) in [4.78, 5) is 24.7. The van der Waals surface area contributed by atoms with Crippen LogP contribution in [0.1, 0.15) is 22.8 Å². The molecule has 29 heavy (non-hydrogen) atoms. The summed E-state index contributed by atoms with van der Waals surface area (Å²) in [6, 6.07) is 14.7. The van der Waals surface area contributed by atoms with Gasteiger partial charge in [0.15, 0.2) is 6.61 Å². The molecule has 1 aromatic heterocycles. The second-order valence-electron chi connectivity index (χ2n) is 6.19. The number of ether oxygens (including phenoxy) is 2. The molecule has 0 unspecified atom stereocenters. The standard InChI is InChI=1S/C22H20ClNO4S/c1-3-14-7-9-15(10-8-14)18-13-29-21(20(18)22(26)27-2)24-19(25)12-28-17-6-4-5-16(23)11-17/h4-11,13H,3,12H2,1-2H3,(H,24,25). The largest absolute Gasteiger partial charge is 0.484 e. The molecule has 0 aliphatic rings. The first-order valence-corrected chi connectivity index (χ1v) is 10.2. The van der Waals surface area contributed by atoms with Crippen LogP contribution in [0.3, 0.4) is 0 Å². The molecule has 0 spiro atoms. The van der Waals surface area contributed by atoms with E-state index in [4.69, 9.17) is 21.1 Å². The number of methoxy groups -OCH3 is 1. The van der Waals surface area contributed by atoms with E-state index in [0.29, 0.717) is 21.3 Å². The number of thiophene rings is 1. The van der Waals surface area contributed by atoms with E-state index in [2.05, 4.69) is 12.2 Å². The fraction of sp³-hybridized carbons (Fsp3) is 0.182. The number of benzene rings is 2. The van der Waals surface area contributed by atoms with Crippen molar-refractivity contribution in [3.63, 3.8) is 0 Å². The Morgan fingerprint density at radius 2 is 1.90 bits per heavy atom. The van der Waals surface area contributed by atoms with Gasteiger partial charge in [0.25, 0.3) is 5.91 Å². The van der Waals surface area contributed by atoms with Crippen molar-refractivity contribution >= 4 is 39.8 Å². The first-order chi connectivity index (χ1) is 14.0. The number of rotatable bonds is 7. The van der Waals surface area contributed by atoms with Crippen LogP contribution >= 0.6 is 22.9 Å². The number of carbonyl (C=O) groups is 2. The van der Waals surface area contributed by atoms with Gasteiger partial charge in [0.1, 0.15) is 16.3 Å². The van der Waals surface area contributed by atoms with Crippen LogP contribution in [0.25, 0.3) is 11.1 Å². The summed E-state index contributed by atoms with van der Waals surface area (Å²) in [6.45, 7) is 1.87. The first-order valence-electron chi connectivity index (χ1n) is 8.99. The van der Waals surface area contributed by atoms with Gasteiger partial charge in [0, 0.05) is 16.0 Å². The monoisotopic (exact) mass is 429 g/mol. The lowest BCUT2D eigenvalue weighted by molar-refractivity contribution is -0.118. The van der Waals surface area contributed by atoms with Gasteiger partial charge in [0.2, 0.25) is 0 Å². The molecule has 7 heteroatoms. The van der Waals surface area contributed by atoms with E-state index in [1.165, 1.54) is 24.0 Å². The van der Waals surface area contributed by atoms with E-state index in [9.17, 15) is 9.59 Å². The Morgan fingerprint density at radius 3 is 2.55 bits per heavy atom. The van der Waals surface area contributed by atoms with Crippen LogP contribution in [-0.2, 0) is 16.0 Å². The fourth-order valence-electron chi connectivity index (χ4n) is 2.76.